The number of ether oxygens (including phenoxy) is 2. The Balaban J connectivity index is 1.35. The second-order valence-electron chi connectivity index (χ2n) is 6.83. The third-order valence-electron chi connectivity index (χ3n) is 4.61. The second kappa shape index (κ2) is 9.91. The van der Waals surface area contributed by atoms with Crippen LogP contribution in [0.5, 0.6) is 11.5 Å². The number of unbranched alkanes of at least 4 members (excludes halogenated alkanes) is 1. The van der Waals surface area contributed by atoms with Gasteiger partial charge in [-0.25, -0.2) is 4.39 Å². The van der Waals surface area contributed by atoms with Gasteiger partial charge >= 0.3 is 0 Å². The third-order valence-corrected chi connectivity index (χ3v) is 4.61. The van der Waals surface area contributed by atoms with Crippen molar-refractivity contribution in [3.63, 3.8) is 0 Å². The molecule has 1 atom stereocenters. The van der Waals surface area contributed by atoms with Gasteiger partial charge in [-0.05, 0) is 56.2 Å². The number of rotatable bonds is 9. The molecule has 2 aromatic rings. The Hall–Kier alpha value is -3.09. The molecule has 0 fully saturated rings. The summed E-state index contributed by atoms with van der Waals surface area (Å²) in [6.45, 7) is 3.05. The van der Waals surface area contributed by atoms with Gasteiger partial charge in [-0.15, -0.1) is 0 Å². The molecule has 7 heteroatoms. The Labute approximate surface area is 169 Å². The van der Waals surface area contributed by atoms with Crippen molar-refractivity contribution in [1.29, 1.82) is 0 Å². The number of carbonyl (C=O) groups excluding carboxylic acids is 2. The maximum Gasteiger partial charge on any atom is 0.267 e. The maximum absolute atomic E-state index is 12.8. The van der Waals surface area contributed by atoms with E-state index in [1.807, 2.05) is 24.3 Å². The molecule has 2 aromatic carbocycles. The molecule has 1 N–H and O–H groups in total. The second-order valence-corrected chi connectivity index (χ2v) is 6.83. The zero-order valence-electron chi connectivity index (χ0n) is 16.4. The van der Waals surface area contributed by atoms with Gasteiger partial charge in [0.2, 0.25) is 5.91 Å². The first-order valence-corrected chi connectivity index (χ1v) is 9.77. The van der Waals surface area contributed by atoms with Crippen LogP contribution in [0, 0.1) is 5.82 Å². The third kappa shape index (κ3) is 5.70. The van der Waals surface area contributed by atoms with Gasteiger partial charge in [0.05, 0.1) is 12.3 Å². The minimum absolute atomic E-state index is 0.103. The van der Waals surface area contributed by atoms with Crippen LogP contribution in [0.15, 0.2) is 48.5 Å². The van der Waals surface area contributed by atoms with Crippen molar-refractivity contribution in [2.45, 2.75) is 32.3 Å². The number of nitrogens with zero attached hydrogens (tertiary/aromatic N) is 1. The summed E-state index contributed by atoms with van der Waals surface area (Å²) in [5, 5.41) is 2.87. The van der Waals surface area contributed by atoms with Crippen LogP contribution in [0.4, 0.5) is 10.1 Å². The van der Waals surface area contributed by atoms with E-state index in [2.05, 4.69) is 5.32 Å². The molecule has 0 spiro atoms. The molecule has 3 rings (SSSR count). The number of para-hydroxylation sites is 2. The molecule has 0 unspecified atom stereocenters. The van der Waals surface area contributed by atoms with Crippen molar-refractivity contribution < 1.29 is 23.5 Å². The molecule has 1 heterocycles. The predicted molar refractivity (Wildman–Crippen MR) is 108 cm³/mol. The van der Waals surface area contributed by atoms with Crippen LogP contribution in [0.3, 0.4) is 0 Å². The number of hydrogen-bond donors (Lipinski definition) is 1. The highest BCUT2D eigenvalue weighted by molar-refractivity contribution is 6.00. The average molecular weight is 400 g/mol. The Morgan fingerprint density at radius 3 is 2.72 bits per heavy atom. The molecule has 1 aliphatic heterocycles. The van der Waals surface area contributed by atoms with Crippen molar-refractivity contribution in [3.05, 3.63) is 54.3 Å². The number of hydrogen-bond acceptors (Lipinski definition) is 4. The summed E-state index contributed by atoms with van der Waals surface area (Å²) in [6.07, 6.45) is 1.20. The van der Waals surface area contributed by atoms with Gasteiger partial charge in [0.25, 0.3) is 5.91 Å². The number of carbonyl (C=O) groups is 2. The molecule has 0 saturated carbocycles. The van der Waals surface area contributed by atoms with E-state index in [0.717, 1.165) is 12.8 Å². The van der Waals surface area contributed by atoms with E-state index in [4.69, 9.17) is 9.47 Å². The monoisotopic (exact) mass is 400 g/mol. The van der Waals surface area contributed by atoms with Crippen molar-refractivity contribution >= 4 is 17.5 Å². The Bertz CT molecular complexity index is 841. The van der Waals surface area contributed by atoms with Gasteiger partial charge < -0.3 is 19.7 Å². The van der Waals surface area contributed by atoms with Gasteiger partial charge in [0.1, 0.15) is 17.3 Å². The van der Waals surface area contributed by atoms with Crippen LogP contribution in [-0.2, 0) is 9.59 Å². The number of halogens is 1. The topological polar surface area (TPSA) is 67.9 Å². The summed E-state index contributed by atoms with van der Waals surface area (Å²) in [4.78, 5) is 26.1. The molecule has 29 heavy (non-hydrogen) atoms. The molecule has 1 aliphatic rings. The zero-order valence-corrected chi connectivity index (χ0v) is 16.4. The summed E-state index contributed by atoms with van der Waals surface area (Å²) < 4.78 is 23.9. The van der Waals surface area contributed by atoms with Crippen molar-refractivity contribution in [2.75, 3.05) is 24.6 Å². The van der Waals surface area contributed by atoms with Crippen LogP contribution >= 0.6 is 0 Å². The maximum atomic E-state index is 12.8. The Morgan fingerprint density at radius 2 is 1.93 bits per heavy atom. The molecule has 0 aromatic heterocycles. The van der Waals surface area contributed by atoms with Crippen LogP contribution in [0.1, 0.15) is 26.2 Å². The fraction of sp³-hybridized carbons (Fsp3) is 0.364. The molecule has 0 radical (unpaired) electrons. The predicted octanol–water partition coefficient (Wildman–Crippen LogP) is 3.31. The Kier molecular flexibility index (Phi) is 7.05. The molecule has 154 valence electrons. The number of anilines is 1. The lowest BCUT2D eigenvalue weighted by Gasteiger charge is -2.32. The van der Waals surface area contributed by atoms with E-state index >= 15 is 0 Å². The quantitative estimate of drug-likeness (QED) is 0.656. The normalized spacial score (nSPS) is 15.4. The van der Waals surface area contributed by atoms with Crippen LogP contribution in [0.2, 0.25) is 0 Å². The van der Waals surface area contributed by atoms with Crippen LogP contribution in [0.25, 0.3) is 0 Å². The van der Waals surface area contributed by atoms with Gasteiger partial charge in [0, 0.05) is 19.5 Å². The highest BCUT2D eigenvalue weighted by atomic mass is 19.1. The summed E-state index contributed by atoms with van der Waals surface area (Å²) in [7, 11) is 0. The molecule has 0 saturated heterocycles. The van der Waals surface area contributed by atoms with E-state index in [1.165, 1.54) is 12.1 Å². The number of benzene rings is 2. The minimum Gasteiger partial charge on any atom is -0.494 e. The van der Waals surface area contributed by atoms with E-state index in [-0.39, 0.29) is 24.1 Å². The first kappa shape index (κ1) is 20.6. The molecular weight excluding hydrogens is 375 g/mol. The van der Waals surface area contributed by atoms with Crippen molar-refractivity contribution in [1.82, 2.24) is 5.32 Å². The first-order chi connectivity index (χ1) is 14.0. The first-order valence-electron chi connectivity index (χ1n) is 9.77. The van der Waals surface area contributed by atoms with Gasteiger partial charge in [-0.2, -0.15) is 0 Å². The van der Waals surface area contributed by atoms with Gasteiger partial charge in [-0.1, -0.05) is 12.1 Å². The summed E-state index contributed by atoms with van der Waals surface area (Å²) >= 11 is 0. The van der Waals surface area contributed by atoms with Crippen molar-refractivity contribution in [3.8, 4) is 11.5 Å². The van der Waals surface area contributed by atoms with E-state index < -0.39 is 6.10 Å². The lowest BCUT2D eigenvalue weighted by molar-refractivity contribution is -0.125. The van der Waals surface area contributed by atoms with Gasteiger partial charge in [-0.3, -0.25) is 9.59 Å². The molecule has 0 bridgehead atoms. The van der Waals surface area contributed by atoms with E-state index in [0.29, 0.717) is 36.9 Å². The molecule has 6 nitrogen and oxygen atoms in total. The van der Waals surface area contributed by atoms with Crippen molar-refractivity contribution in [2.24, 2.45) is 0 Å². The molecule has 2 amide bonds. The largest absolute Gasteiger partial charge is 0.494 e. The van der Waals surface area contributed by atoms with Gasteiger partial charge in [0.15, 0.2) is 6.10 Å². The standard InChI is InChI=1S/C22H25FN2O4/c1-16-22(27)25(19-6-2-3-7-20(19)29-16)14-12-21(26)24-13-4-5-15-28-18-10-8-17(23)9-11-18/h2-3,6-11,16H,4-5,12-15H2,1H3,(H,24,26)/t16-/m1/s1. The van der Waals surface area contributed by atoms with Crippen LogP contribution < -0.4 is 19.7 Å². The molecule has 0 aliphatic carbocycles. The highest BCUT2D eigenvalue weighted by Crippen LogP contribution is 2.33. The fourth-order valence-electron chi connectivity index (χ4n) is 3.07. The fourth-order valence-corrected chi connectivity index (χ4v) is 3.07. The van der Waals surface area contributed by atoms with E-state index in [9.17, 15) is 14.0 Å². The number of nitrogens with one attached hydrogen (secondary N) is 1. The minimum atomic E-state index is -0.561. The average Bonchev–Trinajstić information content (AvgIpc) is 2.72. The van der Waals surface area contributed by atoms with Crippen LogP contribution in [-0.4, -0.2) is 37.6 Å². The highest BCUT2D eigenvalue weighted by Gasteiger charge is 2.31. The lowest BCUT2D eigenvalue weighted by atomic mass is 10.1. The summed E-state index contributed by atoms with van der Waals surface area (Å²) in [5.74, 6) is 0.737. The zero-order chi connectivity index (χ0) is 20.6. The van der Waals surface area contributed by atoms with E-state index in [1.54, 1.807) is 24.0 Å². The summed E-state index contributed by atoms with van der Waals surface area (Å²) in [5.41, 5.74) is 0.696. The summed E-state index contributed by atoms with van der Waals surface area (Å²) in [6, 6.07) is 13.2. The number of amides is 2. The molecular formula is C22H25FN2O4. The Morgan fingerprint density at radius 1 is 1.17 bits per heavy atom. The smallest absolute Gasteiger partial charge is 0.267 e. The number of fused-ring (bicyclic) bond motifs is 1. The SMILES string of the molecule is C[C@H]1Oc2ccccc2N(CCC(=O)NCCCCOc2ccc(F)cc2)C1=O. The lowest BCUT2D eigenvalue weighted by Crippen LogP contribution is -2.45.